The Morgan fingerprint density at radius 1 is 1.19 bits per heavy atom. The summed E-state index contributed by atoms with van der Waals surface area (Å²) in [5, 5.41) is 7.93. The second kappa shape index (κ2) is 7.25. The van der Waals surface area contributed by atoms with Gasteiger partial charge in [-0.05, 0) is 43.5 Å². The summed E-state index contributed by atoms with van der Waals surface area (Å²) in [7, 11) is 0. The molecule has 0 aliphatic heterocycles. The molecule has 1 amide bonds. The van der Waals surface area contributed by atoms with Crippen LogP contribution in [0.4, 0.5) is 0 Å². The lowest BCUT2D eigenvalue weighted by Gasteiger charge is -2.04. The average molecular weight is 288 g/mol. The van der Waals surface area contributed by atoms with Gasteiger partial charge in [0.15, 0.2) is 5.58 Å². The average Bonchev–Trinajstić information content (AvgIpc) is 2.81. The maximum absolute atomic E-state index is 11.9. The molecule has 1 heterocycles. The quantitative estimate of drug-likeness (QED) is 0.791. The normalized spacial score (nSPS) is 11.0. The van der Waals surface area contributed by atoms with Crippen molar-refractivity contribution in [3.63, 3.8) is 0 Å². The van der Waals surface area contributed by atoms with Gasteiger partial charge in [0.25, 0.3) is 0 Å². The second-order valence-electron chi connectivity index (χ2n) is 5.65. The third kappa shape index (κ3) is 4.06. The molecule has 0 bridgehead atoms. The van der Waals surface area contributed by atoms with E-state index < -0.39 is 0 Å². The Labute approximate surface area is 125 Å². The van der Waals surface area contributed by atoms with Crippen LogP contribution in [-0.4, -0.2) is 17.6 Å². The number of hydrogen-bond donors (Lipinski definition) is 1. The van der Waals surface area contributed by atoms with Crippen LogP contribution in [0.1, 0.15) is 49.4 Å². The highest BCUT2D eigenvalue weighted by Gasteiger charge is 2.13. The van der Waals surface area contributed by atoms with E-state index in [9.17, 15) is 4.79 Å². The Morgan fingerprint density at radius 3 is 2.71 bits per heavy atom. The van der Waals surface area contributed by atoms with Crippen molar-refractivity contribution in [2.75, 3.05) is 6.54 Å². The van der Waals surface area contributed by atoms with Crippen LogP contribution in [-0.2, 0) is 11.2 Å². The molecule has 1 N–H and O–H groups in total. The fraction of sp³-hybridized carbons (Fsp3) is 0.529. The van der Waals surface area contributed by atoms with E-state index in [1.165, 1.54) is 30.4 Å². The zero-order valence-electron chi connectivity index (χ0n) is 13.2. The zero-order valence-corrected chi connectivity index (χ0v) is 13.2. The number of rotatable bonds is 7. The molecule has 0 atom stereocenters. The lowest BCUT2D eigenvalue weighted by Crippen LogP contribution is -2.26. The highest BCUT2D eigenvalue weighted by atomic mass is 16.5. The van der Waals surface area contributed by atoms with Crippen LogP contribution in [0.15, 0.2) is 16.7 Å². The summed E-state index contributed by atoms with van der Waals surface area (Å²) < 4.78 is 5.31. The summed E-state index contributed by atoms with van der Waals surface area (Å²) in [4.78, 5) is 11.9. The molecular weight excluding hydrogens is 264 g/mol. The lowest BCUT2D eigenvalue weighted by atomic mass is 10.1. The summed E-state index contributed by atoms with van der Waals surface area (Å²) in [6.07, 6.45) is 4.92. The van der Waals surface area contributed by atoms with Crippen molar-refractivity contribution in [3.05, 3.63) is 29.0 Å². The minimum Gasteiger partial charge on any atom is -0.356 e. The first-order valence-corrected chi connectivity index (χ1v) is 7.74. The number of fused-ring (bicyclic) bond motifs is 1. The predicted molar refractivity (Wildman–Crippen MR) is 84.3 cm³/mol. The molecule has 2 rings (SSSR count). The second-order valence-corrected chi connectivity index (χ2v) is 5.65. The number of benzene rings is 1. The molecular formula is C17H24N2O2. The number of aryl methyl sites for hydroxylation is 2. The fourth-order valence-electron chi connectivity index (χ4n) is 2.37. The zero-order chi connectivity index (χ0) is 15.2. The molecule has 0 unspecified atom stereocenters. The summed E-state index contributed by atoms with van der Waals surface area (Å²) in [6, 6.07) is 4.02. The van der Waals surface area contributed by atoms with Gasteiger partial charge in [0, 0.05) is 11.9 Å². The van der Waals surface area contributed by atoms with Gasteiger partial charge in [-0.15, -0.1) is 0 Å². The SMILES string of the molecule is CCCCCCNC(=O)Cc1noc2cc(C)c(C)cc12. The van der Waals surface area contributed by atoms with Crippen molar-refractivity contribution in [2.24, 2.45) is 0 Å². The van der Waals surface area contributed by atoms with Crippen molar-refractivity contribution in [2.45, 2.75) is 52.9 Å². The highest BCUT2D eigenvalue weighted by molar-refractivity contribution is 5.87. The summed E-state index contributed by atoms with van der Waals surface area (Å²) in [5.74, 6) is 0.0138. The Morgan fingerprint density at radius 2 is 1.95 bits per heavy atom. The Kier molecular flexibility index (Phi) is 5.37. The maximum atomic E-state index is 11.9. The Hall–Kier alpha value is -1.84. The number of nitrogens with zero attached hydrogens (tertiary/aromatic N) is 1. The van der Waals surface area contributed by atoms with Crippen molar-refractivity contribution in [1.82, 2.24) is 10.5 Å². The number of amides is 1. The molecule has 0 saturated carbocycles. The van der Waals surface area contributed by atoms with Gasteiger partial charge < -0.3 is 9.84 Å². The van der Waals surface area contributed by atoms with E-state index in [2.05, 4.69) is 24.3 Å². The molecule has 0 aliphatic rings. The van der Waals surface area contributed by atoms with Gasteiger partial charge in [0.2, 0.25) is 5.91 Å². The van der Waals surface area contributed by atoms with Crippen LogP contribution in [0.5, 0.6) is 0 Å². The number of aromatic nitrogens is 1. The van der Waals surface area contributed by atoms with Gasteiger partial charge in [0.1, 0.15) is 5.69 Å². The van der Waals surface area contributed by atoms with Crippen molar-refractivity contribution >= 4 is 16.9 Å². The van der Waals surface area contributed by atoms with E-state index in [-0.39, 0.29) is 12.3 Å². The van der Waals surface area contributed by atoms with Gasteiger partial charge in [-0.3, -0.25) is 4.79 Å². The number of nitrogens with one attached hydrogen (secondary N) is 1. The van der Waals surface area contributed by atoms with E-state index in [1.54, 1.807) is 0 Å². The molecule has 4 nitrogen and oxygen atoms in total. The van der Waals surface area contributed by atoms with Crippen LogP contribution in [0, 0.1) is 13.8 Å². The first kappa shape index (κ1) is 15.5. The van der Waals surface area contributed by atoms with Crippen molar-refractivity contribution in [3.8, 4) is 0 Å². The number of hydrogen-bond acceptors (Lipinski definition) is 3. The molecule has 0 spiro atoms. The molecule has 1 aromatic carbocycles. The minimum atomic E-state index is 0.0138. The van der Waals surface area contributed by atoms with Crippen LogP contribution < -0.4 is 5.32 Å². The number of carbonyl (C=O) groups is 1. The summed E-state index contributed by atoms with van der Waals surface area (Å²) in [6.45, 7) is 7.02. The molecule has 0 radical (unpaired) electrons. The van der Waals surface area contributed by atoms with Gasteiger partial charge in [-0.25, -0.2) is 0 Å². The number of carbonyl (C=O) groups excluding carboxylic acids is 1. The van der Waals surface area contributed by atoms with E-state index in [0.29, 0.717) is 0 Å². The van der Waals surface area contributed by atoms with E-state index in [0.717, 1.165) is 29.6 Å². The van der Waals surface area contributed by atoms with Crippen LogP contribution in [0.2, 0.25) is 0 Å². The third-order valence-electron chi connectivity index (χ3n) is 3.84. The van der Waals surface area contributed by atoms with Gasteiger partial charge in [-0.2, -0.15) is 0 Å². The minimum absolute atomic E-state index is 0.0138. The van der Waals surface area contributed by atoms with Crippen LogP contribution in [0.3, 0.4) is 0 Å². The van der Waals surface area contributed by atoms with Crippen LogP contribution in [0.25, 0.3) is 11.0 Å². The Balaban J connectivity index is 1.93. The van der Waals surface area contributed by atoms with Gasteiger partial charge in [-0.1, -0.05) is 31.3 Å². The summed E-state index contributed by atoms with van der Waals surface area (Å²) in [5.41, 5.74) is 3.83. The summed E-state index contributed by atoms with van der Waals surface area (Å²) >= 11 is 0. The van der Waals surface area contributed by atoms with Gasteiger partial charge >= 0.3 is 0 Å². The molecule has 1 aromatic heterocycles. The third-order valence-corrected chi connectivity index (χ3v) is 3.84. The van der Waals surface area contributed by atoms with E-state index in [4.69, 9.17) is 4.52 Å². The van der Waals surface area contributed by atoms with Crippen molar-refractivity contribution in [1.29, 1.82) is 0 Å². The monoisotopic (exact) mass is 288 g/mol. The standard InChI is InChI=1S/C17H24N2O2/c1-4-5-6-7-8-18-17(20)11-15-14-9-12(2)13(3)10-16(14)21-19-15/h9-10H,4-8,11H2,1-3H3,(H,18,20). The molecule has 2 aromatic rings. The highest BCUT2D eigenvalue weighted by Crippen LogP contribution is 2.22. The molecule has 114 valence electrons. The molecule has 0 fully saturated rings. The first-order chi connectivity index (χ1) is 10.1. The van der Waals surface area contributed by atoms with E-state index in [1.807, 2.05) is 19.1 Å². The van der Waals surface area contributed by atoms with E-state index >= 15 is 0 Å². The molecule has 4 heteroatoms. The molecule has 21 heavy (non-hydrogen) atoms. The first-order valence-electron chi connectivity index (χ1n) is 7.74. The lowest BCUT2D eigenvalue weighted by molar-refractivity contribution is -0.120. The maximum Gasteiger partial charge on any atom is 0.226 e. The topological polar surface area (TPSA) is 55.1 Å². The fourth-order valence-corrected chi connectivity index (χ4v) is 2.37. The number of unbranched alkanes of at least 4 members (excludes halogenated alkanes) is 3. The van der Waals surface area contributed by atoms with Gasteiger partial charge in [0.05, 0.1) is 6.42 Å². The van der Waals surface area contributed by atoms with Crippen LogP contribution >= 0.6 is 0 Å². The van der Waals surface area contributed by atoms with Crippen molar-refractivity contribution < 1.29 is 9.32 Å². The largest absolute Gasteiger partial charge is 0.356 e. The predicted octanol–water partition coefficient (Wildman–Crippen LogP) is 3.68. The smallest absolute Gasteiger partial charge is 0.226 e. The Bertz CT molecular complexity index is 617. The molecule has 0 saturated heterocycles. The molecule has 0 aliphatic carbocycles.